The molecule has 0 saturated carbocycles. The summed E-state index contributed by atoms with van der Waals surface area (Å²) in [6.45, 7) is 8.61. The lowest BCUT2D eigenvalue weighted by Gasteiger charge is -2.42. The van der Waals surface area contributed by atoms with E-state index in [0.29, 0.717) is 23.5 Å². The monoisotopic (exact) mass is 331 g/mol. The summed E-state index contributed by atoms with van der Waals surface area (Å²) in [6, 6.07) is 5.84. The second kappa shape index (κ2) is 7.49. The van der Waals surface area contributed by atoms with Gasteiger partial charge in [0.15, 0.2) is 0 Å². The Morgan fingerprint density at radius 2 is 1.83 bits per heavy atom. The minimum absolute atomic E-state index is 0.00741. The number of anilines is 1. The molecule has 1 atom stereocenters. The van der Waals surface area contributed by atoms with Crippen LogP contribution >= 0.6 is 0 Å². The van der Waals surface area contributed by atoms with Crippen LogP contribution in [0.15, 0.2) is 18.2 Å². The maximum absolute atomic E-state index is 12.6. The Bertz CT molecular complexity index is 562. The van der Waals surface area contributed by atoms with Crippen molar-refractivity contribution in [2.45, 2.75) is 25.8 Å². The van der Waals surface area contributed by atoms with Crippen molar-refractivity contribution in [2.24, 2.45) is 5.92 Å². The van der Waals surface area contributed by atoms with Crippen LogP contribution in [0.5, 0.6) is 0 Å². The first kappa shape index (κ1) is 17.2. The number of nitrogens with two attached hydrogens (primary N) is 1. The van der Waals surface area contributed by atoms with Crippen molar-refractivity contribution in [3.05, 3.63) is 23.9 Å². The third-order valence-corrected chi connectivity index (χ3v) is 5.61. The Morgan fingerprint density at radius 3 is 2.46 bits per heavy atom. The van der Waals surface area contributed by atoms with Crippen LogP contribution < -0.4 is 5.73 Å². The molecular formula is C18H29N5O. The maximum atomic E-state index is 12.6. The van der Waals surface area contributed by atoms with Gasteiger partial charge in [0.05, 0.1) is 0 Å². The van der Waals surface area contributed by atoms with E-state index >= 15 is 0 Å². The van der Waals surface area contributed by atoms with Crippen LogP contribution in [0.1, 0.15) is 30.3 Å². The molecule has 2 fully saturated rings. The number of aromatic nitrogens is 1. The van der Waals surface area contributed by atoms with Crippen LogP contribution in [0.4, 0.5) is 5.82 Å². The summed E-state index contributed by atoms with van der Waals surface area (Å²) in [5, 5.41) is 0. The SMILES string of the molecule is C[C@@H](C1CCN(C(=O)c2cccc(N)n2)CC1)N1CCN(C)CC1. The van der Waals surface area contributed by atoms with Gasteiger partial charge in [-0.05, 0) is 44.9 Å². The van der Waals surface area contributed by atoms with E-state index in [1.54, 1.807) is 18.2 Å². The van der Waals surface area contributed by atoms with Crippen LogP contribution in [0, 0.1) is 5.92 Å². The Morgan fingerprint density at radius 1 is 1.17 bits per heavy atom. The third-order valence-electron chi connectivity index (χ3n) is 5.61. The van der Waals surface area contributed by atoms with Gasteiger partial charge in [0, 0.05) is 45.3 Å². The number of carbonyl (C=O) groups is 1. The molecule has 1 aromatic heterocycles. The first-order valence-electron chi connectivity index (χ1n) is 8.99. The van der Waals surface area contributed by atoms with Crippen LogP contribution in [-0.2, 0) is 0 Å². The number of hydrogen-bond acceptors (Lipinski definition) is 5. The number of nitrogens with zero attached hydrogens (tertiary/aromatic N) is 4. The van der Waals surface area contributed by atoms with Crippen molar-refractivity contribution in [3.63, 3.8) is 0 Å². The highest BCUT2D eigenvalue weighted by Crippen LogP contribution is 2.25. The molecule has 0 radical (unpaired) electrons. The molecule has 3 heterocycles. The first-order valence-corrected chi connectivity index (χ1v) is 8.99. The van der Waals surface area contributed by atoms with E-state index in [9.17, 15) is 4.79 Å². The molecule has 0 aromatic carbocycles. The van der Waals surface area contributed by atoms with Crippen LogP contribution in [-0.4, -0.2) is 77.9 Å². The predicted molar refractivity (Wildman–Crippen MR) is 95.8 cm³/mol. The van der Waals surface area contributed by atoms with E-state index in [4.69, 9.17) is 5.73 Å². The van der Waals surface area contributed by atoms with Gasteiger partial charge in [-0.3, -0.25) is 9.69 Å². The number of likely N-dealkylation sites (N-methyl/N-ethyl adjacent to an activating group) is 1. The van der Waals surface area contributed by atoms with Gasteiger partial charge in [0.2, 0.25) is 0 Å². The number of pyridine rings is 1. The summed E-state index contributed by atoms with van der Waals surface area (Å²) in [5.74, 6) is 1.08. The Hall–Kier alpha value is -1.66. The highest BCUT2D eigenvalue weighted by atomic mass is 16.2. The predicted octanol–water partition coefficient (Wildman–Crippen LogP) is 1.15. The van der Waals surface area contributed by atoms with Gasteiger partial charge >= 0.3 is 0 Å². The molecule has 0 bridgehead atoms. The zero-order valence-corrected chi connectivity index (χ0v) is 14.8. The van der Waals surface area contributed by atoms with Gasteiger partial charge in [0.1, 0.15) is 11.5 Å². The molecule has 0 aliphatic carbocycles. The third kappa shape index (κ3) is 3.87. The fourth-order valence-electron chi connectivity index (χ4n) is 3.84. The summed E-state index contributed by atoms with van der Waals surface area (Å²) in [4.78, 5) is 23.6. The van der Waals surface area contributed by atoms with Gasteiger partial charge in [-0.2, -0.15) is 0 Å². The van der Waals surface area contributed by atoms with E-state index in [1.807, 2.05) is 4.90 Å². The molecular weight excluding hydrogens is 302 g/mol. The summed E-state index contributed by atoms with van der Waals surface area (Å²) >= 11 is 0. The lowest BCUT2D eigenvalue weighted by molar-refractivity contribution is 0.0497. The van der Waals surface area contributed by atoms with Gasteiger partial charge in [-0.1, -0.05) is 6.07 Å². The molecule has 0 spiro atoms. The molecule has 24 heavy (non-hydrogen) atoms. The normalized spacial score (nSPS) is 22.5. The summed E-state index contributed by atoms with van der Waals surface area (Å²) in [5.41, 5.74) is 6.15. The number of hydrogen-bond donors (Lipinski definition) is 1. The minimum Gasteiger partial charge on any atom is -0.384 e. The second-order valence-corrected chi connectivity index (χ2v) is 7.16. The van der Waals surface area contributed by atoms with Crippen molar-refractivity contribution < 1.29 is 4.79 Å². The minimum atomic E-state index is 0.00741. The molecule has 3 rings (SSSR count). The molecule has 2 aliphatic heterocycles. The van der Waals surface area contributed by atoms with Crippen molar-refractivity contribution in [3.8, 4) is 0 Å². The van der Waals surface area contributed by atoms with Gasteiger partial charge in [0.25, 0.3) is 5.91 Å². The van der Waals surface area contributed by atoms with Crippen LogP contribution in [0.2, 0.25) is 0 Å². The Labute approximate surface area is 144 Å². The molecule has 2 N–H and O–H groups in total. The van der Waals surface area contributed by atoms with E-state index < -0.39 is 0 Å². The molecule has 132 valence electrons. The maximum Gasteiger partial charge on any atom is 0.272 e. The van der Waals surface area contributed by atoms with Crippen molar-refractivity contribution in [1.29, 1.82) is 0 Å². The van der Waals surface area contributed by atoms with E-state index in [0.717, 1.165) is 52.1 Å². The molecule has 6 heteroatoms. The number of nitrogen functional groups attached to an aromatic ring is 1. The van der Waals surface area contributed by atoms with E-state index in [1.165, 1.54) is 0 Å². The summed E-state index contributed by atoms with van der Waals surface area (Å²) < 4.78 is 0. The van der Waals surface area contributed by atoms with Crippen molar-refractivity contribution in [2.75, 3.05) is 52.0 Å². The summed E-state index contributed by atoms with van der Waals surface area (Å²) in [6.07, 6.45) is 2.14. The summed E-state index contributed by atoms with van der Waals surface area (Å²) in [7, 11) is 2.19. The van der Waals surface area contributed by atoms with Crippen molar-refractivity contribution >= 4 is 11.7 Å². The average molecular weight is 331 g/mol. The lowest BCUT2D eigenvalue weighted by Crippen LogP contribution is -2.52. The number of piperidine rings is 1. The van der Waals surface area contributed by atoms with Gasteiger partial charge < -0.3 is 15.5 Å². The van der Waals surface area contributed by atoms with Crippen LogP contribution in [0.25, 0.3) is 0 Å². The average Bonchev–Trinajstić information content (AvgIpc) is 2.61. The van der Waals surface area contributed by atoms with Crippen molar-refractivity contribution in [1.82, 2.24) is 19.7 Å². The van der Waals surface area contributed by atoms with E-state index in [-0.39, 0.29) is 5.91 Å². The molecule has 1 aromatic rings. The number of rotatable bonds is 3. The topological polar surface area (TPSA) is 65.7 Å². The fourth-order valence-corrected chi connectivity index (χ4v) is 3.84. The number of likely N-dealkylation sites (tertiary alicyclic amines) is 1. The van der Waals surface area contributed by atoms with Gasteiger partial charge in [-0.25, -0.2) is 4.98 Å². The number of piperazine rings is 1. The molecule has 0 unspecified atom stereocenters. The zero-order valence-electron chi connectivity index (χ0n) is 14.8. The molecule has 6 nitrogen and oxygen atoms in total. The van der Waals surface area contributed by atoms with Gasteiger partial charge in [-0.15, -0.1) is 0 Å². The smallest absolute Gasteiger partial charge is 0.272 e. The highest BCUT2D eigenvalue weighted by molar-refractivity contribution is 5.92. The molecule has 2 aliphatic rings. The molecule has 1 amide bonds. The van der Waals surface area contributed by atoms with Crippen LogP contribution in [0.3, 0.4) is 0 Å². The van der Waals surface area contributed by atoms with E-state index in [2.05, 4.69) is 28.8 Å². The zero-order chi connectivity index (χ0) is 17.1. The largest absolute Gasteiger partial charge is 0.384 e. The quantitative estimate of drug-likeness (QED) is 0.900. The fraction of sp³-hybridized carbons (Fsp3) is 0.667. The second-order valence-electron chi connectivity index (χ2n) is 7.16. The lowest BCUT2D eigenvalue weighted by atomic mass is 9.89. The Balaban J connectivity index is 1.53. The number of carbonyl (C=O) groups excluding carboxylic acids is 1. The Kier molecular flexibility index (Phi) is 5.36. The molecule has 2 saturated heterocycles. The highest BCUT2D eigenvalue weighted by Gasteiger charge is 2.31. The number of amides is 1. The first-order chi connectivity index (χ1) is 11.5. The standard InChI is InChI=1S/C18H29N5O/c1-14(22-12-10-21(2)11-13-22)15-6-8-23(9-7-15)18(24)16-4-3-5-17(19)20-16/h3-5,14-15H,6-13H2,1-2H3,(H2,19,20)/t14-/m0/s1.